The number of rotatable bonds is 1. The molecule has 0 fully saturated rings. The van der Waals surface area contributed by atoms with Crippen LogP contribution in [0, 0.1) is 6.92 Å². The molecule has 0 aliphatic carbocycles. The second-order valence-corrected chi connectivity index (χ2v) is 3.87. The van der Waals surface area contributed by atoms with Crippen LogP contribution in [0.1, 0.15) is 30.0 Å². The summed E-state index contributed by atoms with van der Waals surface area (Å²) in [4.78, 5) is 0. The molecule has 1 atom stereocenters. The normalized spacial score (nSPS) is 19.5. The molecule has 5 nitrogen and oxygen atoms in total. The van der Waals surface area contributed by atoms with Crippen molar-refractivity contribution in [3.63, 3.8) is 0 Å². The fourth-order valence-corrected chi connectivity index (χ4v) is 1.86. The van der Waals surface area contributed by atoms with Gasteiger partial charge in [-0.15, -0.1) is 0 Å². The summed E-state index contributed by atoms with van der Waals surface area (Å²) in [6.07, 6.45) is 2.01. The molecule has 0 saturated carbocycles. The van der Waals surface area contributed by atoms with Gasteiger partial charge in [-0.25, -0.2) is 4.68 Å². The van der Waals surface area contributed by atoms with Gasteiger partial charge in [0.1, 0.15) is 5.76 Å². The van der Waals surface area contributed by atoms with Crippen molar-refractivity contribution in [3.8, 4) is 5.82 Å². The largest absolute Gasteiger partial charge is 0.359 e. The Morgan fingerprint density at radius 1 is 1.60 bits per heavy atom. The Morgan fingerprint density at radius 2 is 2.47 bits per heavy atom. The third-order valence-electron chi connectivity index (χ3n) is 2.72. The van der Waals surface area contributed by atoms with Crippen LogP contribution in [-0.2, 0) is 6.54 Å². The van der Waals surface area contributed by atoms with Gasteiger partial charge in [0.25, 0.3) is 0 Å². The average Bonchev–Trinajstić information content (AvgIpc) is 2.84. The summed E-state index contributed by atoms with van der Waals surface area (Å²) in [7, 11) is 0. The van der Waals surface area contributed by atoms with E-state index in [4.69, 9.17) is 4.52 Å². The Morgan fingerprint density at radius 3 is 3.13 bits per heavy atom. The number of nitrogens with one attached hydrogen (secondary N) is 1. The number of aromatic nitrogens is 3. The van der Waals surface area contributed by atoms with Crippen LogP contribution in [0.15, 0.2) is 16.8 Å². The van der Waals surface area contributed by atoms with Gasteiger partial charge in [-0.1, -0.05) is 5.16 Å². The molecule has 1 unspecified atom stereocenters. The first kappa shape index (κ1) is 8.67. The van der Waals surface area contributed by atoms with Gasteiger partial charge in [-0.3, -0.25) is 0 Å². The second-order valence-electron chi connectivity index (χ2n) is 3.87. The van der Waals surface area contributed by atoms with Crippen LogP contribution in [0.2, 0.25) is 0 Å². The molecule has 5 heteroatoms. The van der Waals surface area contributed by atoms with Crippen LogP contribution >= 0.6 is 0 Å². The standard InChI is InChI=1S/C10H12N4O/c1-6-3-10(13-15-6)14-5-8-7(2)11-4-9(8)12-14/h3,5,7,11H,4H2,1-2H3. The van der Waals surface area contributed by atoms with E-state index in [-0.39, 0.29) is 0 Å². The van der Waals surface area contributed by atoms with Crippen molar-refractivity contribution in [2.75, 3.05) is 0 Å². The summed E-state index contributed by atoms with van der Waals surface area (Å²) in [6, 6.07) is 2.25. The molecule has 0 saturated heterocycles. The molecule has 78 valence electrons. The van der Waals surface area contributed by atoms with E-state index >= 15 is 0 Å². The number of nitrogens with zero attached hydrogens (tertiary/aromatic N) is 3. The SMILES string of the molecule is Cc1cc(-n2cc3c(n2)CNC3C)no1. The van der Waals surface area contributed by atoms with Gasteiger partial charge in [0.15, 0.2) is 5.82 Å². The molecule has 2 aromatic rings. The van der Waals surface area contributed by atoms with E-state index in [0.29, 0.717) is 6.04 Å². The van der Waals surface area contributed by atoms with E-state index in [9.17, 15) is 0 Å². The lowest BCUT2D eigenvalue weighted by atomic mass is 10.2. The predicted octanol–water partition coefficient (Wildman–Crippen LogP) is 1.33. The Balaban J connectivity index is 2.04. The van der Waals surface area contributed by atoms with Crippen molar-refractivity contribution in [2.45, 2.75) is 26.4 Å². The van der Waals surface area contributed by atoms with Crippen LogP contribution in [-0.4, -0.2) is 14.9 Å². The monoisotopic (exact) mass is 204 g/mol. The topological polar surface area (TPSA) is 55.9 Å². The number of aryl methyl sites for hydroxylation is 1. The van der Waals surface area contributed by atoms with Crippen LogP contribution in [0.25, 0.3) is 5.82 Å². The van der Waals surface area contributed by atoms with Gasteiger partial charge < -0.3 is 9.84 Å². The number of fused-ring (bicyclic) bond motifs is 1. The average molecular weight is 204 g/mol. The number of hydrogen-bond acceptors (Lipinski definition) is 4. The Hall–Kier alpha value is -1.62. The zero-order chi connectivity index (χ0) is 10.4. The Bertz CT molecular complexity index is 499. The maximum Gasteiger partial charge on any atom is 0.196 e. The lowest BCUT2D eigenvalue weighted by Crippen LogP contribution is -2.09. The minimum atomic E-state index is 0.377. The van der Waals surface area contributed by atoms with E-state index < -0.39 is 0 Å². The molecule has 2 aromatic heterocycles. The zero-order valence-corrected chi connectivity index (χ0v) is 8.69. The van der Waals surface area contributed by atoms with Gasteiger partial charge in [-0.05, 0) is 13.8 Å². The lowest BCUT2D eigenvalue weighted by molar-refractivity contribution is 0.393. The maximum absolute atomic E-state index is 5.02. The van der Waals surface area contributed by atoms with Crippen molar-refractivity contribution < 1.29 is 4.52 Å². The van der Waals surface area contributed by atoms with Crippen molar-refractivity contribution in [1.82, 2.24) is 20.3 Å². The molecule has 0 spiro atoms. The fraction of sp³-hybridized carbons (Fsp3) is 0.400. The number of hydrogen-bond donors (Lipinski definition) is 1. The van der Waals surface area contributed by atoms with E-state index in [1.807, 2.05) is 19.2 Å². The van der Waals surface area contributed by atoms with Crippen LogP contribution in [0.4, 0.5) is 0 Å². The van der Waals surface area contributed by atoms with Gasteiger partial charge in [0.05, 0.1) is 5.69 Å². The maximum atomic E-state index is 5.02. The van der Waals surface area contributed by atoms with Gasteiger partial charge >= 0.3 is 0 Å². The Kier molecular flexibility index (Phi) is 1.70. The first-order valence-electron chi connectivity index (χ1n) is 4.99. The van der Waals surface area contributed by atoms with Gasteiger partial charge in [0.2, 0.25) is 0 Å². The molecule has 0 aromatic carbocycles. The first-order valence-corrected chi connectivity index (χ1v) is 4.99. The molecule has 1 N–H and O–H groups in total. The zero-order valence-electron chi connectivity index (χ0n) is 8.69. The highest BCUT2D eigenvalue weighted by Gasteiger charge is 2.22. The molecule has 0 radical (unpaired) electrons. The van der Waals surface area contributed by atoms with E-state index in [2.05, 4.69) is 22.5 Å². The molecular weight excluding hydrogens is 192 g/mol. The highest BCUT2D eigenvalue weighted by atomic mass is 16.5. The summed E-state index contributed by atoms with van der Waals surface area (Å²) in [6.45, 7) is 4.84. The van der Waals surface area contributed by atoms with Crippen molar-refractivity contribution in [1.29, 1.82) is 0 Å². The highest BCUT2D eigenvalue weighted by molar-refractivity contribution is 5.30. The molecule has 1 aliphatic heterocycles. The molecule has 3 heterocycles. The lowest BCUT2D eigenvalue weighted by Gasteiger charge is -2.01. The molecule has 15 heavy (non-hydrogen) atoms. The summed E-state index contributed by atoms with van der Waals surface area (Å²) in [5, 5.41) is 11.7. The summed E-state index contributed by atoms with van der Waals surface area (Å²) >= 11 is 0. The van der Waals surface area contributed by atoms with E-state index in [0.717, 1.165) is 23.8 Å². The molecule has 0 amide bonds. The molecule has 1 aliphatic rings. The predicted molar refractivity (Wildman–Crippen MR) is 53.6 cm³/mol. The van der Waals surface area contributed by atoms with E-state index in [1.165, 1.54) is 5.56 Å². The van der Waals surface area contributed by atoms with Gasteiger partial charge in [-0.2, -0.15) is 5.10 Å². The van der Waals surface area contributed by atoms with E-state index in [1.54, 1.807) is 4.68 Å². The fourth-order valence-electron chi connectivity index (χ4n) is 1.86. The molecule has 3 rings (SSSR count). The van der Waals surface area contributed by atoms with Crippen LogP contribution < -0.4 is 5.32 Å². The van der Waals surface area contributed by atoms with Crippen molar-refractivity contribution >= 4 is 0 Å². The first-order chi connectivity index (χ1) is 7.24. The quantitative estimate of drug-likeness (QED) is 0.761. The third-order valence-corrected chi connectivity index (χ3v) is 2.72. The van der Waals surface area contributed by atoms with Crippen LogP contribution in [0.5, 0.6) is 0 Å². The molecule has 0 bridgehead atoms. The minimum Gasteiger partial charge on any atom is -0.359 e. The van der Waals surface area contributed by atoms with Gasteiger partial charge in [0, 0.05) is 30.4 Å². The smallest absolute Gasteiger partial charge is 0.196 e. The highest BCUT2D eigenvalue weighted by Crippen LogP contribution is 2.24. The summed E-state index contributed by atoms with van der Waals surface area (Å²) in [5.74, 6) is 1.54. The summed E-state index contributed by atoms with van der Waals surface area (Å²) < 4.78 is 6.80. The third kappa shape index (κ3) is 1.27. The summed E-state index contributed by atoms with van der Waals surface area (Å²) in [5.41, 5.74) is 2.35. The van der Waals surface area contributed by atoms with Crippen LogP contribution in [0.3, 0.4) is 0 Å². The second kappa shape index (κ2) is 2.93. The minimum absolute atomic E-state index is 0.377. The van der Waals surface area contributed by atoms with Crippen molar-refractivity contribution in [3.05, 3.63) is 29.3 Å². The molecular formula is C10H12N4O. The Labute approximate surface area is 87.1 Å². The van der Waals surface area contributed by atoms with Crippen molar-refractivity contribution in [2.24, 2.45) is 0 Å².